The van der Waals surface area contributed by atoms with Crippen molar-refractivity contribution in [2.75, 3.05) is 31.1 Å². The summed E-state index contributed by atoms with van der Waals surface area (Å²) in [4.78, 5) is 16.9. The largest absolute Gasteiger partial charge is 0.385 e. The van der Waals surface area contributed by atoms with Gasteiger partial charge in [-0.15, -0.1) is 0 Å². The summed E-state index contributed by atoms with van der Waals surface area (Å²) in [6, 6.07) is 10.7. The Kier molecular flexibility index (Phi) is 4.31. The number of amides is 1. The summed E-state index contributed by atoms with van der Waals surface area (Å²) >= 11 is 0. The second-order valence-corrected chi connectivity index (χ2v) is 7.48. The SMILES string of the molecule is CC1=CC2C(CN3CCN(c4ccccc4)C(=O)C3)CCC[C@H]2N1. The van der Waals surface area contributed by atoms with Crippen LogP contribution >= 0.6 is 0 Å². The third-order valence-electron chi connectivity index (χ3n) is 5.81. The number of fused-ring (bicyclic) bond motifs is 1. The zero-order valence-electron chi connectivity index (χ0n) is 14.4. The predicted octanol–water partition coefficient (Wildman–Crippen LogP) is 2.63. The van der Waals surface area contributed by atoms with E-state index in [1.54, 1.807) is 0 Å². The Labute approximate surface area is 144 Å². The van der Waals surface area contributed by atoms with Gasteiger partial charge in [0.05, 0.1) is 6.54 Å². The van der Waals surface area contributed by atoms with Gasteiger partial charge in [-0.2, -0.15) is 0 Å². The van der Waals surface area contributed by atoms with Crippen LogP contribution in [0.2, 0.25) is 0 Å². The summed E-state index contributed by atoms with van der Waals surface area (Å²) in [7, 11) is 0. The molecule has 0 bridgehead atoms. The molecule has 0 radical (unpaired) electrons. The van der Waals surface area contributed by atoms with Crippen molar-refractivity contribution in [3.05, 3.63) is 42.1 Å². The van der Waals surface area contributed by atoms with Crippen molar-refractivity contribution in [3.8, 4) is 0 Å². The Hall–Kier alpha value is -1.81. The number of nitrogens with zero attached hydrogens (tertiary/aromatic N) is 2. The highest BCUT2D eigenvalue weighted by Crippen LogP contribution is 2.36. The summed E-state index contributed by atoms with van der Waals surface area (Å²) in [6.07, 6.45) is 6.31. The average Bonchev–Trinajstić information content (AvgIpc) is 2.97. The van der Waals surface area contributed by atoms with Gasteiger partial charge in [-0.1, -0.05) is 30.7 Å². The normalized spacial score (nSPS) is 30.7. The van der Waals surface area contributed by atoms with Gasteiger partial charge in [0.15, 0.2) is 0 Å². The van der Waals surface area contributed by atoms with E-state index in [9.17, 15) is 4.79 Å². The summed E-state index contributed by atoms with van der Waals surface area (Å²) in [5.74, 6) is 1.57. The molecule has 0 aromatic heterocycles. The molecule has 2 fully saturated rings. The number of piperazine rings is 1. The van der Waals surface area contributed by atoms with Gasteiger partial charge < -0.3 is 10.2 Å². The zero-order chi connectivity index (χ0) is 16.5. The molecule has 1 aromatic rings. The van der Waals surface area contributed by atoms with Crippen LogP contribution in [-0.4, -0.2) is 43.0 Å². The summed E-state index contributed by atoms with van der Waals surface area (Å²) in [6.45, 7) is 5.57. The van der Waals surface area contributed by atoms with E-state index < -0.39 is 0 Å². The monoisotopic (exact) mass is 325 g/mol. The van der Waals surface area contributed by atoms with Gasteiger partial charge in [-0.25, -0.2) is 0 Å². The number of anilines is 1. The number of rotatable bonds is 3. The van der Waals surface area contributed by atoms with Crippen LogP contribution in [0.4, 0.5) is 5.69 Å². The number of hydrogen-bond acceptors (Lipinski definition) is 3. The lowest BCUT2D eigenvalue weighted by atomic mass is 9.77. The van der Waals surface area contributed by atoms with Gasteiger partial charge in [0.1, 0.15) is 0 Å². The first-order valence-corrected chi connectivity index (χ1v) is 9.23. The molecule has 1 amide bonds. The lowest BCUT2D eigenvalue weighted by Gasteiger charge is -2.40. The van der Waals surface area contributed by atoms with Crippen LogP contribution in [0.25, 0.3) is 0 Å². The molecule has 128 valence electrons. The fourth-order valence-electron chi connectivity index (χ4n) is 4.67. The van der Waals surface area contributed by atoms with Gasteiger partial charge >= 0.3 is 0 Å². The fraction of sp³-hybridized carbons (Fsp3) is 0.550. The predicted molar refractivity (Wildman–Crippen MR) is 96.7 cm³/mol. The van der Waals surface area contributed by atoms with Crippen molar-refractivity contribution in [1.82, 2.24) is 10.2 Å². The average molecular weight is 325 g/mol. The number of carbonyl (C=O) groups excluding carboxylic acids is 1. The minimum atomic E-state index is 0.232. The maximum atomic E-state index is 12.6. The smallest absolute Gasteiger partial charge is 0.241 e. The minimum Gasteiger partial charge on any atom is -0.385 e. The van der Waals surface area contributed by atoms with Crippen LogP contribution < -0.4 is 10.2 Å². The van der Waals surface area contributed by atoms with Crippen molar-refractivity contribution in [3.63, 3.8) is 0 Å². The van der Waals surface area contributed by atoms with Gasteiger partial charge in [0.25, 0.3) is 0 Å². The van der Waals surface area contributed by atoms with Crippen LogP contribution in [-0.2, 0) is 4.79 Å². The zero-order valence-corrected chi connectivity index (χ0v) is 14.4. The number of carbonyl (C=O) groups is 1. The Bertz CT molecular complexity index is 627. The fourth-order valence-corrected chi connectivity index (χ4v) is 4.67. The van der Waals surface area contributed by atoms with E-state index in [0.717, 1.165) is 25.3 Å². The number of nitrogens with one attached hydrogen (secondary N) is 1. The molecule has 1 aromatic carbocycles. The molecule has 24 heavy (non-hydrogen) atoms. The molecule has 4 nitrogen and oxygen atoms in total. The van der Waals surface area contributed by atoms with Gasteiger partial charge in [0, 0.05) is 43.0 Å². The molecule has 2 unspecified atom stereocenters. The summed E-state index contributed by atoms with van der Waals surface area (Å²) in [5, 5.41) is 3.63. The Morgan fingerprint density at radius 2 is 2.00 bits per heavy atom. The molecule has 4 heteroatoms. The van der Waals surface area contributed by atoms with Crippen molar-refractivity contribution >= 4 is 11.6 Å². The Morgan fingerprint density at radius 3 is 2.79 bits per heavy atom. The topological polar surface area (TPSA) is 35.6 Å². The standard InChI is InChI=1S/C20H27N3O/c1-15-12-18-16(6-5-9-19(18)21-15)13-22-10-11-23(20(24)14-22)17-7-3-2-4-8-17/h2-4,7-8,12,16,18-19,21H,5-6,9-11,13-14H2,1H3/t16?,18?,19-/m1/s1. The molecule has 0 spiro atoms. The van der Waals surface area contributed by atoms with Crippen molar-refractivity contribution in [2.24, 2.45) is 11.8 Å². The number of hydrogen-bond donors (Lipinski definition) is 1. The van der Waals surface area contributed by atoms with E-state index in [1.807, 2.05) is 35.2 Å². The third-order valence-corrected chi connectivity index (χ3v) is 5.81. The first-order valence-electron chi connectivity index (χ1n) is 9.23. The third kappa shape index (κ3) is 3.07. The van der Waals surface area contributed by atoms with Crippen LogP contribution in [0.15, 0.2) is 42.1 Å². The molecular formula is C20H27N3O. The first-order chi connectivity index (χ1) is 11.7. The van der Waals surface area contributed by atoms with Crippen molar-refractivity contribution in [2.45, 2.75) is 32.2 Å². The molecule has 1 saturated carbocycles. The van der Waals surface area contributed by atoms with Crippen LogP contribution in [0.5, 0.6) is 0 Å². The highest BCUT2D eigenvalue weighted by molar-refractivity contribution is 5.95. The van der Waals surface area contributed by atoms with Crippen molar-refractivity contribution < 1.29 is 4.79 Å². The van der Waals surface area contributed by atoms with Crippen molar-refractivity contribution in [1.29, 1.82) is 0 Å². The van der Waals surface area contributed by atoms with Gasteiger partial charge in [-0.05, 0) is 37.8 Å². The Balaban J connectivity index is 1.38. The number of para-hydroxylation sites is 1. The van der Waals surface area contributed by atoms with Gasteiger partial charge in [-0.3, -0.25) is 9.69 Å². The van der Waals surface area contributed by atoms with Gasteiger partial charge in [0.2, 0.25) is 5.91 Å². The molecule has 1 N–H and O–H groups in total. The molecule has 2 heterocycles. The summed E-state index contributed by atoms with van der Waals surface area (Å²) < 4.78 is 0. The number of benzene rings is 1. The highest BCUT2D eigenvalue weighted by atomic mass is 16.2. The van der Waals surface area contributed by atoms with E-state index in [1.165, 1.54) is 25.0 Å². The second-order valence-electron chi connectivity index (χ2n) is 7.48. The van der Waals surface area contributed by atoms with E-state index in [-0.39, 0.29) is 5.91 Å². The molecule has 2 aliphatic heterocycles. The number of allylic oxidation sites excluding steroid dienone is 1. The van der Waals surface area contributed by atoms with E-state index in [2.05, 4.69) is 23.2 Å². The molecule has 4 rings (SSSR count). The Morgan fingerprint density at radius 1 is 1.17 bits per heavy atom. The molecule has 1 aliphatic carbocycles. The molecule has 3 atom stereocenters. The first kappa shape index (κ1) is 15.7. The van der Waals surface area contributed by atoms with Crippen LogP contribution in [0.3, 0.4) is 0 Å². The van der Waals surface area contributed by atoms with Crippen LogP contribution in [0.1, 0.15) is 26.2 Å². The second kappa shape index (κ2) is 6.60. The maximum Gasteiger partial charge on any atom is 0.241 e. The molecule has 3 aliphatic rings. The lowest BCUT2D eigenvalue weighted by Crippen LogP contribution is -2.52. The molecular weight excluding hydrogens is 298 g/mol. The van der Waals surface area contributed by atoms with Crippen LogP contribution in [0, 0.1) is 11.8 Å². The maximum absolute atomic E-state index is 12.6. The minimum absolute atomic E-state index is 0.232. The summed E-state index contributed by atoms with van der Waals surface area (Å²) in [5.41, 5.74) is 2.36. The lowest BCUT2D eigenvalue weighted by molar-refractivity contribution is -0.121. The van der Waals surface area contributed by atoms with E-state index in [4.69, 9.17) is 0 Å². The quantitative estimate of drug-likeness (QED) is 0.928. The van der Waals surface area contributed by atoms with E-state index >= 15 is 0 Å². The molecule has 1 saturated heterocycles. The van der Waals surface area contributed by atoms with E-state index in [0.29, 0.717) is 24.4 Å². The highest BCUT2D eigenvalue weighted by Gasteiger charge is 2.37.